The zero-order valence-electron chi connectivity index (χ0n) is 13.2. The molecule has 124 valence electrons. The number of ether oxygens (including phenoxy) is 3. The van der Waals surface area contributed by atoms with Crippen molar-refractivity contribution in [3.63, 3.8) is 0 Å². The maximum absolute atomic E-state index is 12.4. The Hall–Kier alpha value is -2.47. The van der Waals surface area contributed by atoms with Gasteiger partial charge in [-0.15, -0.1) is 0 Å². The van der Waals surface area contributed by atoms with Gasteiger partial charge in [0.05, 0.1) is 14.2 Å². The lowest BCUT2D eigenvalue weighted by atomic mass is 10.1. The van der Waals surface area contributed by atoms with Crippen LogP contribution in [0, 0.1) is 0 Å². The van der Waals surface area contributed by atoms with E-state index in [0.717, 1.165) is 5.56 Å². The molecule has 3 rings (SSSR count). The Kier molecular flexibility index (Phi) is 4.76. The molecule has 6 heteroatoms. The summed E-state index contributed by atoms with van der Waals surface area (Å²) >= 11 is 3.17. The van der Waals surface area contributed by atoms with Gasteiger partial charge in [0, 0.05) is 6.07 Å². The van der Waals surface area contributed by atoms with Crippen LogP contribution in [0.25, 0.3) is 11.0 Å². The average Bonchev–Trinajstić information content (AvgIpc) is 2.62. The lowest BCUT2D eigenvalue weighted by Crippen LogP contribution is -2.06. The molecule has 24 heavy (non-hydrogen) atoms. The van der Waals surface area contributed by atoms with Crippen molar-refractivity contribution in [2.75, 3.05) is 14.2 Å². The molecule has 0 aliphatic rings. The Morgan fingerprint density at radius 1 is 1.08 bits per heavy atom. The fourth-order valence-corrected chi connectivity index (χ4v) is 2.71. The molecule has 0 saturated heterocycles. The summed E-state index contributed by atoms with van der Waals surface area (Å²) in [4.78, 5) is 12.4. The van der Waals surface area contributed by atoms with Crippen LogP contribution in [0.15, 0.2) is 56.3 Å². The smallest absolute Gasteiger partial charge is 0.210 e. The Morgan fingerprint density at radius 2 is 1.79 bits per heavy atom. The number of methoxy groups -OCH3 is 2. The van der Waals surface area contributed by atoms with Crippen LogP contribution in [0.4, 0.5) is 0 Å². The average molecular weight is 391 g/mol. The monoisotopic (exact) mass is 390 g/mol. The van der Waals surface area contributed by atoms with Gasteiger partial charge in [0.1, 0.15) is 28.3 Å². The molecule has 0 bridgehead atoms. The van der Waals surface area contributed by atoms with Gasteiger partial charge < -0.3 is 18.6 Å². The minimum absolute atomic E-state index is 0.235. The Labute approximate surface area is 146 Å². The number of hydrogen-bond acceptors (Lipinski definition) is 5. The van der Waals surface area contributed by atoms with Gasteiger partial charge in [-0.25, -0.2) is 0 Å². The van der Waals surface area contributed by atoms with E-state index in [4.69, 9.17) is 18.6 Å². The quantitative estimate of drug-likeness (QED) is 0.654. The zero-order chi connectivity index (χ0) is 17.1. The van der Waals surface area contributed by atoms with Gasteiger partial charge >= 0.3 is 0 Å². The second-order valence-electron chi connectivity index (χ2n) is 5.00. The third-order valence-electron chi connectivity index (χ3n) is 3.54. The van der Waals surface area contributed by atoms with Crippen LogP contribution in [-0.2, 0) is 6.61 Å². The predicted molar refractivity (Wildman–Crippen MR) is 94.1 cm³/mol. The van der Waals surface area contributed by atoms with Gasteiger partial charge in [-0.1, -0.05) is 30.3 Å². The molecule has 0 saturated carbocycles. The first kappa shape index (κ1) is 16.4. The molecule has 5 nitrogen and oxygen atoms in total. The molecular weight excluding hydrogens is 376 g/mol. The van der Waals surface area contributed by atoms with E-state index in [1.54, 1.807) is 6.07 Å². The molecule has 0 N–H and O–H groups in total. The Morgan fingerprint density at radius 3 is 2.46 bits per heavy atom. The maximum atomic E-state index is 12.4. The Bertz CT molecular complexity index is 918. The first-order chi connectivity index (χ1) is 11.7. The molecule has 3 aromatic rings. The standard InChI is InChI=1S/C18H15BrO5/c1-21-17-14(23-9-11-6-4-3-5-7-11)8-13-15(18(17)22-2)16(20)12(19)10-24-13/h3-8,10H,9H2,1-2H3. The van der Waals surface area contributed by atoms with Crippen molar-refractivity contribution in [1.82, 2.24) is 0 Å². The van der Waals surface area contributed by atoms with Crippen LogP contribution < -0.4 is 19.6 Å². The summed E-state index contributed by atoms with van der Waals surface area (Å²) in [5.74, 6) is 1.08. The van der Waals surface area contributed by atoms with Gasteiger partial charge in [-0.05, 0) is 21.5 Å². The highest BCUT2D eigenvalue weighted by atomic mass is 79.9. The fraction of sp³-hybridized carbons (Fsp3) is 0.167. The van der Waals surface area contributed by atoms with E-state index in [0.29, 0.717) is 33.5 Å². The summed E-state index contributed by atoms with van der Waals surface area (Å²) in [5.41, 5.74) is 1.14. The van der Waals surface area contributed by atoms with E-state index in [9.17, 15) is 4.79 Å². The molecule has 0 radical (unpaired) electrons. The molecule has 2 aromatic carbocycles. The van der Waals surface area contributed by atoms with Crippen LogP contribution in [-0.4, -0.2) is 14.2 Å². The third-order valence-corrected chi connectivity index (χ3v) is 4.09. The lowest BCUT2D eigenvalue weighted by Gasteiger charge is -2.15. The summed E-state index contributed by atoms with van der Waals surface area (Å²) in [6.07, 6.45) is 1.34. The maximum Gasteiger partial charge on any atom is 0.210 e. The number of rotatable bonds is 5. The van der Waals surface area contributed by atoms with E-state index < -0.39 is 0 Å². The van der Waals surface area contributed by atoms with Crippen LogP contribution in [0.2, 0.25) is 0 Å². The SMILES string of the molecule is COc1c(OCc2ccccc2)cc2occ(Br)c(=O)c2c1OC. The molecule has 0 atom stereocenters. The van der Waals surface area contributed by atoms with Gasteiger partial charge in [-0.2, -0.15) is 0 Å². The molecular formula is C18H15BrO5. The van der Waals surface area contributed by atoms with Gasteiger partial charge in [0.15, 0.2) is 11.5 Å². The van der Waals surface area contributed by atoms with E-state index in [-0.39, 0.29) is 11.2 Å². The second-order valence-corrected chi connectivity index (χ2v) is 5.86. The summed E-state index contributed by atoms with van der Waals surface area (Å²) < 4.78 is 22.5. The summed E-state index contributed by atoms with van der Waals surface area (Å²) in [6.45, 7) is 0.354. The number of fused-ring (bicyclic) bond motifs is 1. The van der Waals surface area contributed by atoms with Gasteiger partial charge in [0.2, 0.25) is 11.2 Å². The number of hydrogen-bond donors (Lipinski definition) is 0. The number of halogens is 1. The first-order valence-corrected chi connectivity index (χ1v) is 7.97. The highest BCUT2D eigenvalue weighted by Crippen LogP contribution is 2.42. The fourth-order valence-electron chi connectivity index (χ4n) is 2.42. The van der Waals surface area contributed by atoms with Crippen molar-refractivity contribution in [2.45, 2.75) is 6.61 Å². The van der Waals surface area contributed by atoms with Gasteiger partial charge in [-0.3, -0.25) is 4.79 Å². The lowest BCUT2D eigenvalue weighted by molar-refractivity contribution is 0.276. The molecule has 0 amide bonds. The van der Waals surface area contributed by atoms with E-state index >= 15 is 0 Å². The topological polar surface area (TPSA) is 57.9 Å². The highest BCUT2D eigenvalue weighted by Gasteiger charge is 2.21. The largest absolute Gasteiger partial charge is 0.492 e. The first-order valence-electron chi connectivity index (χ1n) is 7.18. The van der Waals surface area contributed by atoms with Crippen molar-refractivity contribution >= 4 is 26.9 Å². The minimum atomic E-state index is -0.235. The van der Waals surface area contributed by atoms with Crippen molar-refractivity contribution in [2.24, 2.45) is 0 Å². The molecule has 0 spiro atoms. The molecule has 0 fully saturated rings. The van der Waals surface area contributed by atoms with Crippen LogP contribution in [0.5, 0.6) is 17.2 Å². The molecule has 0 aliphatic heterocycles. The molecule has 0 unspecified atom stereocenters. The van der Waals surface area contributed by atoms with E-state index in [1.807, 2.05) is 30.3 Å². The normalized spacial score (nSPS) is 10.6. The Balaban J connectivity index is 2.11. The molecule has 0 aliphatic carbocycles. The summed E-state index contributed by atoms with van der Waals surface area (Å²) in [7, 11) is 2.97. The third kappa shape index (κ3) is 2.97. The van der Waals surface area contributed by atoms with Crippen LogP contribution >= 0.6 is 15.9 Å². The van der Waals surface area contributed by atoms with E-state index in [1.165, 1.54) is 20.5 Å². The van der Waals surface area contributed by atoms with E-state index in [2.05, 4.69) is 15.9 Å². The predicted octanol–water partition coefficient (Wildman–Crippen LogP) is 4.15. The van der Waals surface area contributed by atoms with Crippen molar-refractivity contribution in [3.05, 3.63) is 62.9 Å². The van der Waals surface area contributed by atoms with Gasteiger partial charge in [0.25, 0.3) is 0 Å². The van der Waals surface area contributed by atoms with Crippen molar-refractivity contribution in [3.8, 4) is 17.2 Å². The van der Waals surface area contributed by atoms with Crippen molar-refractivity contribution < 1.29 is 18.6 Å². The second kappa shape index (κ2) is 6.97. The molecule has 1 heterocycles. The summed E-state index contributed by atoms with van der Waals surface area (Å²) in [5, 5.41) is 0.302. The zero-order valence-corrected chi connectivity index (χ0v) is 14.8. The number of benzene rings is 2. The minimum Gasteiger partial charge on any atom is -0.492 e. The van der Waals surface area contributed by atoms with Crippen molar-refractivity contribution in [1.29, 1.82) is 0 Å². The van der Waals surface area contributed by atoms with Crippen LogP contribution in [0.1, 0.15) is 5.56 Å². The summed E-state index contributed by atoms with van der Waals surface area (Å²) in [6, 6.07) is 11.4. The highest BCUT2D eigenvalue weighted by molar-refractivity contribution is 9.10. The molecule has 1 aromatic heterocycles. The van der Waals surface area contributed by atoms with Crippen LogP contribution in [0.3, 0.4) is 0 Å².